The molecular weight excluding hydrogens is 304 g/mol. The summed E-state index contributed by atoms with van der Waals surface area (Å²) in [5, 5.41) is 8.07. The van der Waals surface area contributed by atoms with Crippen molar-refractivity contribution in [2.75, 3.05) is 19.8 Å². The zero-order valence-corrected chi connectivity index (χ0v) is 13.1. The van der Waals surface area contributed by atoms with Crippen LogP contribution in [0.4, 0.5) is 0 Å². The number of hydrogen-bond donors (Lipinski definition) is 1. The molecule has 0 fully saturated rings. The van der Waals surface area contributed by atoms with E-state index < -0.39 is 10.0 Å². The molecule has 0 aliphatic rings. The van der Waals surface area contributed by atoms with Gasteiger partial charge in [-0.2, -0.15) is 0 Å². The third kappa shape index (κ3) is 2.85. The van der Waals surface area contributed by atoms with Gasteiger partial charge < -0.3 is 4.98 Å². The predicted molar refractivity (Wildman–Crippen MR) is 82.2 cm³/mol. The van der Waals surface area contributed by atoms with E-state index in [1.54, 1.807) is 17.2 Å². The van der Waals surface area contributed by atoms with E-state index in [2.05, 4.69) is 20.3 Å². The number of benzene rings is 1. The second-order valence-corrected chi connectivity index (χ2v) is 7.41. The number of rotatable bonds is 5. The van der Waals surface area contributed by atoms with Crippen molar-refractivity contribution >= 4 is 21.1 Å². The molecule has 0 radical (unpaired) electrons. The van der Waals surface area contributed by atoms with Crippen LogP contribution in [0.5, 0.6) is 0 Å². The zero-order valence-electron chi connectivity index (χ0n) is 12.3. The van der Waals surface area contributed by atoms with Gasteiger partial charge in [0.05, 0.1) is 40.7 Å². The van der Waals surface area contributed by atoms with Gasteiger partial charge in [-0.1, -0.05) is 5.21 Å². The van der Waals surface area contributed by atoms with Crippen LogP contribution < -0.4 is 0 Å². The number of sulfonamides is 1. The lowest BCUT2D eigenvalue weighted by atomic mass is 10.3. The molecule has 2 aromatic heterocycles. The molecule has 0 unspecified atom stereocenters. The Kier molecular flexibility index (Phi) is 3.67. The molecular formula is C13H16N6O2S. The number of fused-ring (bicyclic) bond motifs is 1. The van der Waals surface area contributed by atoms with Gasteiger partial charge in [0.25, 0.3) is 0 Å². The van der Waals surface area contributed by atoms with Crippen LogP contribution in [0.2, 0.25) is 0 Å². The predicted octanol–water partition coefficient (Wildman–Crippen LogP) is 0.577. The lowest BCUT2D eigenvalue weighted by Gasteiger charge is -2.09. The number of aromatic amines is 1. The monoisotopic (exact) mass is 320 g/mol. The Morgan fingerprint density at radius 3 is 2.91 bits per heavy atom. The first-order valence-electron chi connectivity index (χ1n) is 6.71. The Morgan fingerprint density at radius 1 is 1.32 bits per heavy atom. The van der Waals surface area contributed by atoms with E-state index in [4.69, 9.17) is 0 Å². The first-order valence-corrected chi connectivity index (χ1v) is 8.31. The van der Waals surface area contributed by atoms with Crippen molar-refractivity contribution in [2.45, 2.75) is 6.42 Å². The molecule has 9 heteroatoms. The summed E-state index contributed by atoms with van der Waals surface area (Å²) in [5.41, 5.74) is 3.26. The number of aryl methyl sites for hydroxylation is 1. The van der Waals surface area contributed by atoms with Crippen molar-refractivity contribution in [2.24, 2.45) is 0 Å². The highest BCUT2D eigenvalue weighted by Crippen LogP contribution is 2.15. The minimum atomic E-state index is -3.23. The third-order valence-corrected chi connectivity index (χ3v) is 5.21. The normalized spacial score (nSPS) is 12.3. The van der Waals surface area contributed by atoms with Crippen molar-refractivity contribution in [3.8, 4) is 5.69 Å². The van der Waals surface area contributed by atoms with Gasteiger partial charge in [-0.3, -0.25) is 0 Å². The maximum atomic E-state index is 11.8. The maximum Gasteiger partial charge on any atom is 0.213 e. The number of nitrogens with one attached hydrogen (secondary N) is 1. The summed E-state index contributed by atoms with van der Waals surface area (Å²) in [6.07, 6.45) is 3.70. The van der Waals surface area contributed by atoms with Crippen LogP contribution >= 0.6 is 0 Å². The first-order chi connectivity index (χ1) is 10.5. The molecule has 8 nitrogen and oxygen atoms in total. The van der Waals surface area contributed by atoms with Crippen LogP contribution in [0.25, 0.3) is 16.7 Å². The summed E-state index contributed by atoms with van der Waals surface area (Å²) in [7, 11) is -0.191. The van der Waals surface area contributed by atoms with E-state index in [0.29, 0.717) is 12.1 Å². The molecule has 0 amide bonds. The van der Waals surface area contributed by atoms with Crippen LogP contribution in [0.3, 0.4) is 0 Å². The highest BCUT2D eigenvalue weighted by atomic mass is 32.2. The lowest BCUT2D eigenvalue weighted by molar-refractivity contribution is 0.520. The molecule has 0 saturated heterocycles. The highest BCUT2D eigenvalue weighted by molar-refractivity contribution is 7.89. The van der Waals surface area contributed by atoms with Gasteiger partial charge in [0, 0.05) is 20.5 Å². The summed E-state index contributed by atoms with van der Waals surface area (Å²) in [6, 6.07) is 5.69. The molecule has 0 aliphatic carbocycles. The molecule has 2 heterocycles. The third-order valence-electron chi connectivity index (χ3n) is 3.38. The minimum absolute atomic E-state index is 0.0122. The standard InChI is InChI=1S/C13H16N6O2S/c1-18(2)22(20,21)6-5-10-8-19(17-16-10)11-3-4-12-13(7-11)15-9-14-12/h3-4,7-9H,5-6H2,1-2H3,(H,14,15). The Labute approximate surface area is 127 Å². The largest absolute Gasteiger partial charge is 0.345 e. The highest BCUT2D eigenvalue weighted by Gasteiger charge is 2.15. The van der Waals surface area contributed by atoms with Gasteiger partial charge in [0.2, 0.25) is 10.0 Å². The average Bonchev–Trinajstić information content (AvgIpc) is 3.13. The van der Waals surface area contributed by atoms with Crippen molar-refractivity contribution in [3.63, 3.8) is 0 Å². The molecule has 0 spiro atoms. The lowest BCUT2D eigenvalue weighted by Crippen LogP contribution is -2.26. The van der Waals surface area contributed by atoms with Gasteiger partial charge in [0.15, 0.2) is 0 Å². The SMILES string of the molecule is CN(C)S(=O)(=O)CCc1cn(-c2ccc3nc[nH]c3c2)nn1. The Hall–Kier alpha value is -2.26. The average molecular weight is 320 g/mol. The zero-order chi connectivity index (χ0) is 15.7. The Balaban J connectivity index is 1.78. The van der Waals surface area contributed by atoms with E-state index in [1.807, 2.05) is 18.2 Å². The molecule has 1 aromatic carbocycles. The Bertz CT molecular complexity index is 896. The molecule has 0 atom stereocenters. The molecule has 22 heavy (non-hydrogen) atoms. The first kappa shape index (κ1) is 14.7. The van der Waals surface area contributed by atoms with Crippen LogP contribution in [0.15, 0.2) is 30.7 Å². The number of hydrogen-bond acceptors (Lipinski definition) is 5. The van der Waals surface area contributed by atoms with E-state index in [-0.39, 0.29) is 5.75 Å². The summed E-state index contributed by atoms with van der Waals surface area (Å²) >= 11 is 0. The van der Waals surface area contributed by atoms with Crippen LogP contribution in [-0.4, -0.2) is 57.5 Å². The summed E-state index contributed by atoms with van der Waals surface area (Å²) < 4.78 is 26.3. The van der Waals surface area contributed by atoms with Gasteiger partial charge >= 0.3 is 0 Å². The van der Waals surface area contributed by atoms with Crippen LogP contribution in [-0.2, 0) is 16.4 Å². The van der Waals surface area contributed by atoms with Crippen molar-refractivity contribution in [1.82, 2.24) is 29.3 Å². The Morgan fingerprint density at radius 2 is 2.14 bits per heavy atom. The summed E-state index contributed by atoms with van der Waals surface area (Å²) in [5.74, 6) is 0.0122. The molecule has 0 bridgehead atoms. The molecule has 3 rings (SSSR count). The molecule has 116 valence electrons. The van der Waals surface area contributed by atoms with Gasteiger partial charge in [-0.25, -0.2) is 22.4 Å². The second kappa shape index (κ2) is 5.50. The number of nitrogens with zero attached hydrogens (tertiary/aromatic N) is 5. The number of imidazole rings is 1. The molecule has 0 saturated carbocycles. The quantitative estimate of drug-likeness (QED) is 0.741. The van der Waals surface area contributed by atoms with E-state index in [9.17, 15) is 8.42 Å². The van der Waals surface area contributed by atoms with Crippen molar-refractivity contribution < 1.29 is 8.42 Å². The van der Waals surface area contributed by atoms with E-state index in [0.717, 1.165) is 16.7 Å². The molecule has 3 aromatic rings. The van der Waals surface area contributed by atoms with E-state index in [1.165, 1.54) is 18.4 Å². The topological polar surface area (TPSA) is 96.8 Å². The summed E-state index contributed by atoms with van der Waals surface area (Å²) in [6.45, 7) is 0. The summed E-state index contributed by atoms with van der Waals surface area (Å²) in [4.78, 5) is 7.20. The fraction of sp³-hybridized carbons (Fsp3) is 0.308. The van der Waals surface area contributed by atoms with Crippen molar-refractivity contribution in [1.29, 1.82) is 0 Å². The molecule has 0 aliphatic heterocycles. The minimum Gasteiger partial charge on any atom is -0.345 e. The molecule has 1 N–H and O–H groups in total. The van der Waals surface area contributed by atoms with Crippen molar-refractivity contribution in [3.05, 3.63) is 36.4 Å². The number of H-pyrrole nitrogens is 1. The maximum absolute atomic E-state index is 11.8. The second-order valence-electron chi connectivity index (χ2n) is 5.11. The fourth-order valence-electron chi connectivity index (χ4n) is 2.02. The van der Waals surface area contributed by atoms with Crippen LogP contribution in [0.1, 0.15) is 5.69 Å². The van der Waals surface area contributed by atoms with Gasteiger partial charge in [0.1, 0.15) is 0 Å². The van der Waals surface area contributed by atoms with E-state index >= 15 is 0 Å². The smallest absolute Gasteiger partial charge is 0.213 e. The van der Waals surface area contributed by atoms with Gasteiger partial charge in [-0.05, 0) is 18.2 Å². The van der Waals surface area contributed by atoms with Crippen LogP contribution in [0, 0.1) is 0 Å². The number of aromatic nitrogens is 5. The van der Waals surface area contributed by atoms with Gasteiger partial charge in [-0.15, -0.1) is 5.10 Å². The fourth-order valence-corrected chi connectivity index (χ4v) is 2.85.